The van der Waals surface area contributed by atoms with Crippen molar-refractivity contribution < 1.29 is 4.52 Å². The zero-order valence-corrected chi connectivity index (χ0v) is 10.7. The summed E-state index contributed by atoms with van der Waals surface area (Å²) in [4.78, 5) is 0. The van der Waals surface area contributed by atoms with E-state index in [-0.39, 0.29) is 0 Å². The average Bonchev–Trinajstić information content (AvgIpc) is 2.90. The van der Waals surface area contributed by atoms with Crippen molar-refractivity contribution in [1.82, 2.24) is 5.16 Å². The van der Waals surface area contributed by atoms with Crippen molar-refractivity contribution in [2.45, 2.75) is 76.0 Å². The van der Waals surface area contributed by atoms with Crippen molar-refractivity contribution in [2.75, 3.05) is 0 Å². The molecule has 0 atom stereocenters. The maximum absolute atomic E-state index is 5.61. The van der Waals surface area contributed by atoms with Crippen LogP contribution in [0.1, 0.15) is 87.5 Å². The summed E-state index contributed by atoms with van der Waals surface area (Å²) in [5.74, 6) is 2.52. The van der Waals surface area contributed by atoms with Gasteiger partial charge in [0.2, 0.25) is 0 Å². The fraction of sp³-hybridized carbons (Fsp3) is 0.800. The molecule has 0 spiro atoms. The van der Waals surface area contributed by atoms with E-state index in [0.29, 0.717) is 11.8 Å². The monoisotopic (exact) mass is 233 g/mol. The van der Waals surface area contributed by atoms with E-state index < -0.39 is 0 Å². The van der Waals surface area contributed by atoms with E-state index in [0.717, 1.165) is 0 Å². The Kier molecular flexibility index (Phi) is 3.49. The van der Waals surface area contributed by atoms with Gasteiger partial charge in [-0.15, -0.1) is 0 Å². The summed E-state index contributed by atoms with van der Waals surface area (Å²) in [6.07, 6.45) is 13.5. The van der Waals surface area contributed by atoms with E-state index in [1.54, 1.807) is 0 Å². The zero-order valence-electron chi connectivity index (χ0n) is 10.7. The molecule has 2 heteroatoms. The average molecular weight is 233 g/mol. The van der Waals surface area contributed by atoms with Gasteiger partial charge in [-0.1, -0.05) is 43.7 Å². The van der Waals surface area contributed by atoms with Crippen molar-refractivity contribution in [3.05, 3.63) is 17.5 Å². The maximum Gasteiger partial charge on any atom is 0.140 e. The Balaban J connectivity index is 1.68. The fourth-order valence-corrected chi connectivity index (χ4v) is 3.47. The lowest BCUT2D eigenvalue weighted by molar-refractivity contribution is 0.313. The highest BCUT2D eigenvalue weighted by Gasteiger charge is 2.23. The van der Waals surface area contributed by atoms with Gasteiger partial charge in [0.1, 0.15) is 5.76 Å². The minimum Gasteiger partial charge on any atom is -0.361 e. The molecule has 2 nitrogen and oxygen atoms in total. The smallest absolute Gasteiger partial charge is 0.140 e. The highest BCUT2D eigenvalue weighted by molar-refractivity contribution is 5.14. The lowest BCUT2D eigenvalue weighted by atomic mass is 9.85. The van der Waals surface area contributed by atoms with Gasteiger partial charge in [-0.2, -0.15) is 0 Å². The first-order valence-corrected chi connectivity index (χ1v) is 7.40. The first kappa shape index (κ1) is 11.3. The quantitative estimate of drug-likeness (QED) is 0.735. The molecule has 0 saturated heterocycles. The summed E-state index contributed by atoms with van der Waals surface area (Å²) in [5.41, 5.74) is 1.24. The van der Waals surface area contributed by atoms with Gasteiger partial charge < -0.3 is 4.52 Å². The topological polar surface area (TPSA) is 26.0 Å². The second-order valence-electron chi connectivity index (χ2n) is 5.82. The molecule has 94 valence electrons. The van der Waals surface area contributed by atoms with Crippen LogP contribution in [-0.2, 0) is 0 Å². The first-order chi connectivity index (χ1) is 8.43. The predicted octanol–water partition coefficient (Wildman–Crippen LogP) is 4.77. The molecule has 1 aromatic rings. The van der Waals surface area contributed by atoms with Gasteiger partial charge >= 0.3 is 0 Å². The normalized spacial score (nSPS) is 24.0. The minimum atomic E-state index is 0.661. The second-order valence-corrected chi connectivity index (χ2v) is 5.82. The third kappa shape index (κ3) is 2.56. The number of hydrogen-bond donors (Lipinski definition) is 0. The summed E-state index contributed by atoms with van der Waals surface area (Å²) in [6.45, 7) is 0. The van der Waals surface area contributed by atoms with Crippen LogP contribution in [0.15, 0.2) is 10.6 Å². The van der Waals surface area contributed by atoms with Crippen molar-refractivity contribution in [3.63, 3.8) is 0 Å². The molecule has 3 rings (SSSR count). The maximum atomic E-state index is 5.61. The van der Waals surface area contributed by atoms with Gasteiger partial charge in [-0.25, -0.2) is 0 Å². The van der Waals surface area contributed by atoms with Gasteiger partial charge in [-0.05, 0) is 25.7 Å². The number of hydrogen-bond acceptors (Lipinski definition) is 2. The second kappa shape index (κ2) is 5.24. The lowest BCUT2D eigenvalue weighted by Crippen LogP contribution is -2.05. The van der Waals surface area contributed by atoms with Gasteiger partial charge in [0.05, 0.1) is 5.69 Å². The molecule has 0 bridgehead atoms. The summed E-state index contributed by atoms with van der Waals surface area (Å²) in [7, 11) is 0. The molecule has 0 aliphatic heterocycles. The molecular formula is C15H23NO. The first-order valence-electron chi connectivity index (χ1n) is 7.40. The molecule has 0 radical (unpaired) electrons. The fourth-order valence-electron chi connectivity index (χ4n) is 3.47. The molecule has 2 aliphatic carbocycles. The third-order valence-electron chi connectivity index (χ3n) is 4.58. The number of rotatable bonds is 2. The Hall–Kier alpha value is -0.790. The van der Waals surface area contributed by atoms with Crippen LogP contribution in [0.4, 0.5) is 0 Å². The van der Waals surface area contributed by atoms with Gasteiger partial charge in [0, 0.05) is 17.9 Å². The molecule has 1 heterocycles. The lowest BCUT2D eigenvalue weighted by Gasteiger charge is -2.19. The van der Waals surface area contributed by atoms with E-state index in [1.807, 2.05) is 0 Å². The van der Waals surface area contributed by atoms with Crippen LogP contribution in [-0.4, -0.2) is 5.16 Å². The molecule has 1 aromatic heterocycles. The third-order valence-corrected chi connectivity index (χ3v) is 4.58. The zero-order chi connectivity index (χ0) is 11.5. The van der Waals surface area contributed by atoms with Crippen molar-refractivity contribution in [2.24, 2.45) is 0 Å². The SMILES string of the molecule is c1c(C2CCCCC2)noc1C1CCCCC1. The molecule has 2 saturated carbocycles. The van der Waals surface area contributed by atoms with Crippen LogP contribution in [0.5, 0.6) is 0 Å². The summed E-state index contributed by atoms with van der Waals surface area (Å²) in [6, 6.07) is 2.27. The van der Waals surface area contributed by atoms with Crippen LogP contribution in [0.3, 0.4) is 0 Å². The Morgan fingerprint density at radius 2 is 1.41 bits per heavy atom. The Morgan fingerprint density at radius 1 is 0.824 bits per heavy atom. The molecule has 0 amide bonds. The Morgan fingerprint density at radius 3 is 2.06 bits per heavy atom. The molecule has 0 N–H and O–H groups in total. The molecule has 2 fully saturated rings. The van der Waals surface area contributed by atoms with E-state index in [1.165, 1.54) is 75.7 Å². The molecule has 2 aliphatic rings. The standard InChI is InChI=1S/C15H23NO/c1-3-7-12(8-4-1)14-11-15(17-16-14)13-9-5-2-6-10-13/h11-13H,1-10H2. The van der Waals surface area contributed by atoms with Gasteiger partial charge in [-0.3, -0.25) is 0 Å². The van der Waals surface area contributed by atoms with Crippen LogP contribution >= 0.6 is 0 Å². The van der Waals surface area contributed by atoms with Crippen LogP contribution in [0, 0.1) is 0 Å². The van der Waals surface area contributed by atoms with Gasteiger partial charge in [0.15, 0.2) is 0 Å². The largest absolute Gasteiger partial charge is 0.361 e. The summed E-state index contributed by atoms with van der Waals surface area (Å²) < 4.78 is 5.61. The minimum absolute atomic E-state index is 0.661. The number of aromatic nitrogens is 1. The predicted molar refractivity (Wildman–Crippen MR) is 68.2 cm³/mol. The summed E-state index contributed by atoms with van der Waals surface area (Å²) in [5, 5.41) is 4.34. The molecular weight excluding hydrogens is 210 g/mol. The molecule has 17 heavy (non-hydrogen) atoms. The Labute approximate surface area is 104 Å². The van der Waals surface area contributed by atoms with E-state index >= 15 is 0 Å². The van der Waals surface area contributed by atoms with E-state index in [2.05, 4.69) is 11.2 Å². The molecule has 0 unspecified atom stereocenters. The highest BCUT2D eigenvalue weighted by Crippen LogP contribution is 2.36. The summed E-state index contributed by atoms with van der Waals surface area (Å²) >= 11 is 0. The number of nitrogens with zero attached hydrogens (tertiary/aromatic N) is 1. The van der Waals surface area contributed by atoms with Crippen molar-refractivity contribution in [1.29, 1.82) is 0 Å². The Bertz CT molecular complexity index is 313. The highest BCUT2D eigenvalue weighted by atomic mass is 16.5. The van der Waals surface area contributed by atoms with E-state index in [4.69, 9.17) is 4.52 Å². The van der Waals surface area contributed by atoms with E-state index in [9.17, 15) is 0 Å². The molecule has 0 aromatic carbocycles. The van der Waals surface area contributed by atoms with Crippen LogP contribution < -0.4 is 0 Å². The van der Waals surface area contributed by atoms with Crippen LogP contribution in [0.25, 0.3) is 0 Å². The van der Waals surface area contributed by atoms with Crippen LogP contribution in [0.2, 0.25) is 0 Å². The van der Waals surface area contributed by atoms with Crippen molar-refractivity contribution in [3.8, 4) is 0 Å². The van der Waals surface area contributed by atoms with Gasteiger partial charge in [0.25, 0.3) is 0 Å². The van der Waals surface area contributed by atoms with Crippen molar-refractivity contribution >= 4 is 0 Å².